The molecule has 0 spiro atoms. The monoisotopic (exact) mass is 313 g/mol. The van der Waals surface area contributed by atoms with E-state index in [4.69, 9.17) is 0 Å². The maximum absolute atomic E-state index is 12.9. The number of nitrogens with zero attached hydrogens (tertiary/aromatic N) is 1. The molecule has 0 N–H and O–H groups in total. The number of methoxy groups -OCH3 is 1. The minimum Gasteiger partial charge on any atom is -0.481 e. The Morgan fingerprint density at radius 1 is 1.38 bits per heavy atom. The largest absolute Gasteiger partial charge is 0.481 e. The van der Waals surface area contributed by atoms with Crippen LogP contribution in [0.25, 0.3) is 0 Å². The highest BCUT2D eigenvalue weighted by Gasteiger charge is 2.39. The molecule has 0 unspecified atom stereocenters. The van der Waals surface area contributed by atoms with Crippen LogP contribution in [0.4, 0.5) is 22.0 Å². The van der Waals surface area contributed by atoms with Crippen LogP contribution in [0.5, 0.6) is 5.88 Å². The van der Waals surface area contributed by atoms with E-state index in [1.165, 1.54) is 6.92 Å². The summed E-state index contributed by atoms with van der Waals surface area (Å²) in [5, 5.41) is 0. The summed E-state index contributed by atoms with van der Waals surface area (Å²) in [4.78, 5) is 14.5. The highest BCUT2D eigenvalue weighted by Crippen LogP contribution is 2.37. The first-order valence-corrected chi connectivity index (χ1v) is 5.79. The number of hydrogen-bond acceptors (Lipinski definition) is 4. The summed E-state index contributed by atoms with van der Waals surface area (Å²) in [5.41, 5.74) is -3.44. The molecular weight excluding hydrogens is 301 g/mol. The minimum atomic E-state index is -5.00. The normalized spacial score (nSPS) is 11.6. The number of carbonyl (C=O) groups excluding carboxylic acids is 1. The molecule has 0 aliphatic carbocycles. The van der Waals surface area contributed by atoms with Crippen molar-refractivity contribution >= 4 is 5.97 Å². The SMILES string of the molecule is CCOC(=O)Cc1c(C(F)F)cc(OC)nc1C(F)(F)F. The molecular formula is C12H12F5NO3. The van der Waals surface area contributed by atoms with Crippen LogP contribution < -0.4 is 4.74 Å². The van der Waals surface area contributed by atoms with Gasteiger partial charge in [-0.05, 0) is 6.92 Å². The van der Waals surface area contributed by atoms with E-state index < -0.39 is 47.7 Å². The van der Waals surface area contributed by atoms with E-state index in [0.29, 0.717) is 6.07 Å². The molecule has 21 heavy (non-hydrogen) atoms. The maximum Gasteiger partial charge on any atom is 0.433 e. The van der Waals surface area contributed by atoms with E-state index >= 15 is 0 Å². The molecule has 1 aromatic rings. The molecule has 1 rings (SSSR count). The van der Waals surface area contributed by atoms with Crippen molar-refractivity contribution in [2.45, 2.75) is 25.9 Å². The van der Waals surface area contributed by atoms with Crippen molar-refractivity contribution in [3.63, 3.8) is 0 Å². The number of pyridine rings is 1. The van der Waals surface area contributed by atoms with Crippen molar-refractivity contribution in [2.75, 3.05) is 13.7 Å². The zero-order valence-electron chi connectivity index (χ0n) is 11.1. The fourth-order valence-corrected chi connectivity index (χ4v) is 1.64. The van der Waals surface area contributed by atoms with Gasteiger partial charge in [0.05, 0.1) is 20.1 Å². The second kappa shape index (κ2) is 6.68. The lowest BCUT2D eigenvalue weighted by Crippen LogP contribution is -2.19. The molecule has 0 saturated carbocycles. The lowest BCUT2D eigenvalue weighted by molar-refractivity contribution is -0.144. The second-order valence-corrected chi connectivity index (χ2v) is 3.86. The fraction of sp³-hybridized carbons (Fsp3) is 0.500. The van der Waals surface area contributed by atoms with Crippen LogP contribution in [0.1, 0.15) is 30.2 Å². The zero-order chi connectivity index (χ0) is 16.2. The van der Waals surface area contributed by atoms with Gasteiger partial charge in [0.25, 0.3) is 6.43 Å². The Bertz CT molecular complexity index is 516. The fourth-order valence-electron chi connectivity index (χ4n) is 1.64. The van der Waals surface area contributed by atoms with Gasteiger partial charge in [-0.3, -0.25) is 4.79 Å². The predicted octanol–water partition coefficient (Wildman–Crippen LogP) is 3.15. The number of ether oxygens (including phenoxy) is 2. The maximum atomic E-state index is 12.9. The summed E-state index contributed by atoms with van der Waals surface area (Å²) in [7, 11) is 1.00. The number of esters is 1. The number of halogens is 5. The molecule has 0 amide bonds. The van der Waals surface area contributed by atoms with Crippen LogP contribution in [0.2, 0.25) is 0 Å². The molecule has 4 nitrogen and oxygen atoms in total. The summed E-state index contributed by atoms with van der Waals surface area (Å²) in [6, 6.07) is 0.675. The third-order valence-corrected chi connectivity index (χ3v) is 2.47. The quantitative estimate of drug-likeness (QED) is 0.619. The van der Waals surface area contributed by atoms with Gasteiger partial charge in [0, 0.05) is 17.2 Å². The van der Waals surface area contributed by atoms with Crippen molar-refractivity contribution in [1.29, 1.82) is 0 Å². The third-order valence-electron chi connectivity index (χ3n) is 2.47. The molecule has 0 aliphatic heterocycles. The molecule has 0 bridgehead atoms. The average molecular weight is 313 g/mol. The summed E-state index contributed by atoms with van der Waals surface area (Å²) in [6.45, 7) is 1.37. The van der Waals surface area contributed by atoms with Crippen molar-refractivity contribution in [1.82, 2.24) is 4.98 Å². The van der Waals surface area contributed by atoms with Gasteiger partial charge in [-0.15, -0.1) is 0 Å². The Morgan fingerprint density at radius 2 is 2.00 bits per heavy atom. The predicted molar refractivity (Wildman–Crippen MR) is 61.1 cm³/mol. The first-order chi connectivity index (χ1) is 9.70. The van der Waals surface area contributed by atoms with Crippen LogP contribution in [0.3, 0.4) is 0 Å². The molecule has 9 heteroatoms. The van der Waals surface area contributed by atoms with Crippen molar-refractivity contribution in [2.24, 2.45) is 0 Å². The van der Waals surface area contributed by atoms with Gasteiger partial charge in [-0.1, -0.05) is 0 Å². The molecule has 1 aromatic heterocycles. The first-order valence-electron chi connectivity index (χ1n) is 5.79. The van der Waals surface area contributed by atoms with Gasteiger partial charge >= 0.3 is 12.1 Å². The summed E-state index contributed by atoms with van der Waals surface area (Å²) in [5.74, 6) is -1.65. The lowest BCUT2D eigenvalue weighted by atomic mass is 10.0. The average Bonchev–Trinajstić information content (AvgIpc) is 2.37. The van der Waals surface area contributed by atoms with Crippen LogP contribution in [-0.4, -0.2) is 24.7 Å². The zero-order valence-corrected chi connectivity index (χ0v) is 11.1. The van der Waals surface area contributed by atoms with Crippen molar-refractivity contribution in [3.8, 4) is 5.88 Å². The summed E-state index contributed by atoms with van der Waals surface area (Å²) in [6.07, 6.45) is -9.16. The molecule has 0 fully saturated rings. The van der Waals surface area contributed by atoms with Crippen molar-refractivity contribution in [3.05, 3.63) is 22.9 Å². The molecule has 118 valence electrons. The Morgan fingerprint density at radius 3 is 2.43 bits per heavy atom. The number of aromatic nitrogens is 1. The molecule has 0 aliphatic rings. The van der Waals surface area contributed by atoms with Gasteiger partial charge in [-0.2, -0.15) is 13.2 Å². The van der Waals surface area contributed by atoms with Crippen LogP contribution in [0.15, 0.2) is 6.07 Å². The Hall–Kier alpha value is -1.93. The first kappa shape index (κ1) is 17.1. The smallest absolute Gasteiger partial charge is 0.433 e. The van der Waals surface area contributed by atoms with E-state index in [0.717, 1.165) is 7.11 Å². The molecule has 0 aromatic carbocycles. The number of rotatable bonds is 5. The van der Waals surface area contributed by atoms with E-state index in [1.807, 2.05) is 0 Å². The Labute approximate surface area is 116 Å². The van der Waals surface area contributed by atoms with Gasteiger partial charge in [0.2, 0.25) is 5.88 Å². The summed E-state index contributed by atoms with van der Waals surface area (Å²) < 4.78 is 73.7. The number of carbonyl (C=O) groups is 1. The summed E-state index contributed by atoms with van der Waals surface area (Å²) >= 11 is 0. The van der Waals surface area contributed by atoms with Crippen molar-refractivity contribution < 1.29 is 36.2 Å². The van der Waals surface area contributed by atoms with Crippen LogP contribution >= 0.6 is 0 Å². The molecule has 0 saturated heterocycles. The van der Waals surface area contributed by atoms with Crippen LogP contribution in [0, 0.1) is 0 Å². The van der Waals surface area contributed by atoms with E-state index in [-0.39, 0.29) is 6.61 Å². The standard InChI is InChI=1S/C12H12F5NO3/c1-3-21-9(19)5-6-7(11(13)14)4-8(20-2)18-10(6)12(15,16)17/h4,11H,3,5H2,1-2H3. The molecule has 1 heterocycles. The molecule has 0 atom stereocenters. The van der Waals surface area contributed by atoms with E-state index in [9.17, 15) is 26.7 Å². The Kier molecular flexibility index (Phi) is 5.45. The van der Waals surface area contributed by atoms with E-state index in [1.54, 1.807) is 0 Å². The van der Waals surface area contributed by atoms with E-state index in [2.05, 4.69) is 14.5 Å². The third kappa shape index (κ3) is 4.27. The highest BCUT2D eigenvalue weighted by atomic mass is 19.4. The second-order valence-electron chi connectivity index (χ2n) is 3.86. The van der Waals surface area contributed by atoms with Crippen LogP contribution in [-0.2, 0) is 22.1 Å². The lowest BCUT2D eigenvalue weighted by Gasteiger charge is -2.16. The Balaban J connectivity index is 3.44. The topological polar surface area (TPSA) is 48.4 Å². The van der Waals surface area contributed by atoms with Gasteiger partial charge in [0.15, 0.2) is 5.69 Å². The van der Waals surface area contributed by atoms with Gasteiger partial charge in [0.1, 0.15) is 0 Å². The number of hydrogen-bond donors (Lipinski definition) is 0. The highest BCUT2D eigenvalue weighted by molar-refractivity contribution is 5.73. The number of alkyl halides is 5. The molecule has 0 radical (unpaired) electrons. The van der Waals surface area contributed by atoms with Gasteiger partial charge < -0.3 is 9.47 Å². The minimum absolute atomic E-state index is 0.0756. The van der Waals surface area contributed by atoms with Gasteiger partial charge in [-0.25, -0.2) is 13.8 Å².